The molecule has 4 N–H and O–H groups in total. The van der Waals surface area contributed by atoms with Gasteiger partial charge in [0.15, 0.2) is 0 Å². The van der Waals surface area contributed by atoms with E-state index in [1.54, 1.807) is 0 Å². The number of amides is 2. The second kappa shape index (κ2) is 7.66. The van der Waals surface area contributed by atoms with Crippen LogP contribution in [0.3, 0.4) is 0 Å². The Kier molecular flexibility index (Phi) is 5.35. The molecule has 1 aromatic carbocycles. The third-order valence-corrected chi connectivity index (χ3v) is 4.83. The fraction of sp³-hybridized carbons (Fsp3) is 0.556. The molecule has 3 rings (SSSR count). The van der Waals surface area contributed by atoms with Gasteiger partial charge in [-0.25, -0.2) is 0 Å². The van der Waals surface area contributed by atoms with Crippen LogP contribution in [0.15, 0.2) is 24.3 Å². The van der Waals surface area contributed by atoms with Gasteiger partial charge < -0.3 is 21.3 Å². The summed E-state index contributed by atoms with van der Waals surface area (Å²) in [6, 6.07) is 7.83. The van der Waals surface area contributed by atoms with Crippen LogP contribution in [0.4, 0.5) is 11.4 Å². The Labute approximate surface area is 142 Å². The smallest absolute Gasteiger partial charge is 0.238 e. The van der Waals surface area contributed by atoms with Crippen LogP contribution in [0.5, 0.6) is 0 Å². The number of nitrogens with two attached hydrogens (primary N) is 1. The van der Waals surface area contributed by atoms with E-state index >= 15 is 0 Å². The third kappa shape index (κ3) is 4.47. The van der Waals surface area contributed by atoms with Gasteiger partial charge in [-0.1, -0.05) is 12.1 Å². The Balaban J connectivity index is 1.56. The number of para-hydroxylation sites is 2. The van der Waals surface area contributed by atoms with E-state index in [4.69, 9.17) is 5.73 Å². The van der Waals surface area contributed by atoms with Crippen LogP contribution in [0.2, 0.25) is 0 Å². The van der Waals surface area contributed by atoms with E-state index < -0.39 is 0 Å². The highest BCUT2D eigenvalue weighted by atomic mass is 16.2. The average molecular weight is 330 g/mol. The fourth-order valence-corrected chi connectivity index (χ4v) is 3.17. The van der Waals surface area contributed by atoms with Gasteiger partial charge in [0.1, 0.15) is 0 Å². The number of piperidine rings is 1. The molecule has 1 aliphatic carbocycles. The molecule has 6 heteroatoms. The molecule has 6 nitrogen and oxygen atoms in total. The maximum absolute atomic E-state index is 12.1. The largest absolute Gasteiger partial charge is 0.370 e. The maximum atomic E-state index is 12.1. The zero-order chi connectivity index (χ0) is 16.9. The molecule has 24 heavy (non-hydrogen) atoms. The summed E-state index contributed by atoms with van der Waals surface area (Å²) in [4.78, 5) is 25.7. The fourth-order valence-electron chi connectivity index (χ4n) is 3.17. The van der Waals surface area contributed by atoms with Gasteiger partial charge in [0.25, 0.3) is 0 Å². The quantitative estimate of drug-likeness (QED) is 0.704. The van der Waals surface area contributed by atoms with Gasteiger partial charge in [-0.15, -0.1) is 0 Å². The van der Waals surface area contributed by atoms with Crippen LogP contribution in [0.1, 0.15) is 25.7 Å². The second-order valence-electron chi connectivity index (χ2n) is 6.80. The van der Waals surface area contributed by atoms with Crippen molar-refractivity contribution in [2.75, 3.05) is 36.4 Å². The monoisotopic (exact) mass is 330 g/mol. The van der Waals surface area contributed by atoms with E-state index in [9.17, 15) is 9.59 Å². The molecule has 1 heterocycles. The lowest BCUT2D eigenvalue weighted by molar-refractivity contribution is -0.122. The van der Waals surface area contributed by atoms with Crippen molar-refractivity contribution in [3.63, 3.8) is 0 Å². The molecule has 0 atom stereocenters. The molecule has 0 radical (unpaired) electrons. The van der Waals surface area contributed by atoms with Crippen molar-refractivity contribution < 1.29 is 9.59 Å². The summed E-state index contributed by atoms with van der Waals surface area (Å²) in [6.07, 6.45) is 4.08. The van der Waals surface area contributed by atoms with E-state index in [1.807, 2.05) is 24.3 Å². The predicted molar refractivity (Wildman–Crippen MR) is 94.8 cm³/mol. The van der Waals surface area contributed by atoms with Gasteiger partial charge in [-0.05, 0) is 50.3 Å². The minimum absolute atomic E-state index is 0.0184. The maximum Gasteiger partial charge on any atom is 0.238 e. The highest BCUT2D eigenvalue weighted by Crippen LogP contribution is 2.30. The van der Waals surface area contributed by atoms with E-state index in [0.29, 0.717) is 6.54 Å². The number of rotatable bonds is 7. The Morgan fingerprint density at radius 1 is 1.12 bits per heavy atom. The summed E-state index contributed by atoms with van der Waals surface area (Å²) < 4.78 is 0. The molecule has 0 bridgehead atoms. The van der Waals surface area contributed by atoms with Crippen LogP contribution >= 0.6 is 0 Å². The van der Waals surface area contributed by atoms with Crippen LogP contribution in [-0.4, -0.2) is 38.0 Å². The van der Waals surface area contributed by atoms with Crippen molar-refractivity contribution in [3.8, 4) is 0 Å². The molecule has 0 unspecified atom stereocenters. The summed E-state index contributed by atoms with van der Waals surface area (Å²) in [7, 11) is 0. The van der Waals surface area contributed by atoms with Gasteiger partial charge in [-0.2, -0.15) is 0 Å². The van der Waals surface area contributed by atoms with E-state index in [2.05, 4.69) is 15.5 Å². The number of carbonyl (C=O) groups excluding carboxylic acids is 2. The molecule has 2 amide bonds. The van der Waals surface area contributed by atoms with E-state index in [1.165, 1.54) is 12.8 Å². The number of primary amides is 1. The van der Waals surface area contributed by atoms with Crippen molar-refractivity contribution in [1.82, 2.24) is 5.32 Å². The third-order valence-electron chi connectivity index (χ3n) is 4.83. The molecule has 0 aromatic heterocycles. The summed E-state index contributed by atoms with van der Waals surface area (Å²) >= 11 is 0. The number of hydrogen-bond acceptors (Lipinski definition) is 4. The predicted octanol–water partition coefficient (Wildman–Crippen LogP) is 1.33. The molecule has 1 aliphatic heterocycles. The first-order valence-corrected chi connectivity index (χ1v) is 8.77. The van der Waals surface area contributed by atoms with Crippen LogP contribution in [-0.2, 0) is 9.59 Å². The molecule has 1 saturated heterocycles. The molecule has 130 valence electrons. The minimum atomic E-state index is -0.210. The highest BCUT2D eigenvalue weighted by Gasteiger charge is 2.24. The van der Waals surface area contributed by atoms with Gasteiger partial charge in [0.05, 0.1) is 17.9 Å². The molecule has 1 aromatic rings. The van der Waals surface area contributed by atoms with E-state index in [0.717, 1.165) is 49.8 Å². The van der Waals surface area contributed by atoms with Crippen LogP contribution < -0.4 is 21.3 Å². The Morgan fingerprint density at radius 2 is 1.83 bits per heavy atom. The van der Waals surface area contributed by atoms with Gasteiger partial charge in [0.2, 0.25) is 11.8 Å². The zero-order valence-electron chi connectivity index (χ0n) is 14.0. The normalized spacial score (nSPS) is 18.4. The highest BCUT2D eigenvalue weighted by molar-refractivity contribution is 5.95. The van der Waals surface area contributed by atoms with Gasteiger partial charge in [-0.3, -0.25) is 9.59 Å². The van der Waals surface area contributed by atoms with Crippen molar-refractivity contribution >= 4 is 23.2 Å². The van der Waals surface area contributed by atoms with Crippen molar-refractivity contribution in [2.45, 2.75) is 25.7 Å². The summed E-state index contributed by atoms with van der Waals surface area (Å²) in [5, 5.41) is 6.21. The first-order chi connectivity index (χ1) is 11.6. The number of carbonyl (C=O) groups is 2. The van der Waals surface area contributed by atoms with Crippen LogP contribution in [0.25, 0.3) is 0 Å². The number of nitrogens with zero attached hydrogens (tertiary/aromatic N) is 1. The first kappa shape index (κ1) is 16.8. The van der Waals surface area contributed by atoms with Crippen molar-refractivity contribution in [2.24, 2.45) is 17.6 Å². The van der Waals surface area contributed by atoms with E-state index in [-0.39, 0.29) is 17.7 Å². The molecule has 0 spiro atoms. The topological polar surface area (TPSA) is 87.5 Å². The summed E-state index contributed by atoms with van der Waals surface area (Å²) in [6.45, 7) is 2.82. The standard InChI is InChI=1S/C18H26N4O2/c19-18(24)14-7-9-22(10-8-14)16-4-2-1-3-15(16)21-17(23)12-20-11-13-5-6-13/h1-4,13-14,20H,5-12H2,(H2,19,24)(H,21,23). The van der Waals surface area contributed by atoms with Gasteiger partial charge in [0, 0.05) is 19.0 Å². The Hall–Kier alpha value is -2.08. The minimum Gasteiger partial charge on any atom is -0.370 e. The lowest BCUT2D eigenvalue weighted by atomic mass is 9.96. The molecule has 1 saturated carbocycles. The molecule has 2 aliphatic rings. The zero-order valence-corrected chi connectivity index (χ0v) is 14.0. The van der Waals surface area contributed by atoms with Gasteiger partial charge >= 0.3 is 0 Å². The summed E-state index contributed by atoms with van der Waals surface area (Å²) in [5.74, 6) is 0.499. The van der Waals surface area contributed by atoms with Crippen molar-refractivity contribution in [1.29, 1.82) is 0 Å². The van der Waals surface area contributed by atoms with Crippen LogP contribution in [0, 0.1) is 11.8 Å². The SMILES string of the molecule is NC(=O)C1CCN(c2ccccc2NC(=O)CNCC2CC2)CC1. The number of hydrogen-bond donors (Lipinski definition) is 3. The first-order valence-electron chi connectivity index (χ1n) is 8.77. The average Bonchev–Trinajstić information content (AvgIpc) is 3.40. The lowest BCUT2D eigenvalue weighted by Gasteiger charge is -2.33. The Morgan fingerprint density at radius 3 is 2.50 bits per heavy atom. The number of anilines is 2. The van der Waals surface area contributed by atoms with Crippen molar-refractivity contribution in [3.05, 3.63) is 24.3 Å². The molecular formula is C18H26N4O2. The Bertz CT molecular complexity index is 592. The molecular weight excluding hydrogens is 304 g/mol. The number of benzene rings is 1. The molecule has 2 fully saturated rings. The summed E-state index contributed by atoms with van der Waals surface area (Å²) in [5.41, 5.74) is 7.24. The lowest BCUT2D eigenvalue weighted by Crippen LogP contribution is -2.39. The second-order valence-corrected chi connectivity index (χ2v) is 6.80. The number of nitrogens with one attached hydrogen (secondary N) is 2.